The topological polar surface area (TPSA) is 73.9 Å². The molecule has 6 nitrogen and oxygen atoms in total. The lowest BCUT2D eigenvalue weighted by molar-refractivity contribution is 0.00578. The third-order valence-corrected chi connectivity index (χ3v) is 6.25. The van der Waals surface area contributed by atoms with E-state index in [1.165, 1.54) is 11.3 Å². The molecule has 0 atom stereocenters. The van der Waals surface area contributed by atoms with Gasteiger partial charge < -0.3 is 19.4 Å². The maximum absolute atomic E-state index is 12.2. The van der Waals surface area contributed by atoms with Crippen LogP contribution in [0.3, 0.4) is 0 Å². The van der Waals surface area contributed by atoms with E-state index in [0.29, 0.717) is 4.88 Å². The third-order valence-electron chi connectivity index (χ3n) is 5.30. The molecule has 0 saturated carbocycles. The Morgan fingerprint density at radius 2 is 1.70 bits per heavy atom. The van der Waals surface area contributed by atoms with Gasteiger partial charge in [0.05, 0.1) is 16.1 Å². The van der Waals surface area contributed by atoms with Crippen molar-refractivity contribution in [2.45, 2.75) is 45.5 Å². The maximum atomic E-state index is 12.2. The van der Waals surface area contributed by atoms with Crippen molar-refractivity contribution in [3.8, 4) is 0 Å². The maximum Gasteiger partial charge on any atom is 0.492 e. The molecule has 2 aromatic rings. The molecule has 1 aliphatic rings. The summed E-state index contributed by atoms with van der Waals surface area (Å²) in [7, 11) is -0.619. The number of thiophene rings is 1. The third kappa shape index (κ3) is 5.39. The fraction of sp³-hybridized carbons (Fsp3) is 0.364. The number of rotatable bonds is 7. The first-order chi connectivity index (χ1) is 14.2. The van der Waals surface area contributed by atoms with Crippen molar-refractivity contribution in [2.24, 2.45) is 0 Å². The smallest absolute Gasteiger partial charge is 0.445 e. The zero-order valence-electron chi connectivity index (χ0n) is 17.6. The lowest BCUT2D eigenvalue weighted by Crippen LogP contribution is -2.41. The van der Waals surface area contributed by atoms with Crippen molar-refractivity contribution in [1.82, 2.24) is 5.32 Å². The summed E-state index contributed by atoms with van der Waals surface area (Å²) < 4.78 is 17.6. The van der Waals surface area contributed by atoms with Gasteiger partial charge in [-0.2, -0.15) is 0 Å². The number of benzene rings is 1. The average Bonchev–Trinajstić information content (AvgIpc) is 3.25. The van der Waals surface area contributed by atoms with Gasteiger partial charge in [0.2, 0.25) is 0 Å². The minimum atomic E-state index is -0.619. The number of hydrogen-bond acceptors (Lipinski definition) is 6. The number of ether oxygens (including phenoxy) is 1. The second-order valence-electron chi connectivity index (χ2n) is 8.08. The Bertz CT molecular complexity index is 907. The molecule has 2 heterocycles. The van der Waals surface area contributed by atoms with Crippen LogP contribution in [0.5, 0.6) is 0 Å². The molecule has 1 N–H and O–H groups in total. The van der Waals surface area contributed by atoms with Crippen molar-refractivity contribution in [1.29, 1.82) is 0 Å². The van der Waals surface area contributed by atoms with Crippen LogP contribution in [0.15, 0.2) is 47.9 Å². The lowest BCUT2D eigenvalue weighted by atomic mass is 9.77. The minimum Gasteiger partial charge on any atom is -0.445 e. The largest absolute Gasteiger partial charge is 0.492 e. The molecule has 0 unspecified atom stereocenters. The molecule has 1 fully saturated rings. The molecule has 1 amide bonds. The van der Waals surface area contributed by atoms with Crippen molar-refractivity contribution >= 4 is 36.9 Å². The number of alkyl carbamates (subject to hydrolysis) is 1. The highest BCUT2D eigenvalue weighted by molar-refractivity contribution is 7.14. The van der Waals surface area contributed by atoms with Gasteiger partial charge in [-0.25, -0.2) is 4.79 Å². The molecular weight excluding hydrogens is 401 g/mol. The number of carbonyl (C=O) groups excluding carboxylic acids is 2. The number of aldehydes is 1. The number of nitrogens with one attached hydrogen (secondary N) is 1. The Labute approximate surface area is 181 Å². The van der Waals surface area contributed by atoms with Crippen LogP contribution in [0.1, 0.15) is 47.8 Å². The van der Waals surface area contributed by atoms with Crippen LogP contribution < -0.4 is 5.32 Å². The van der Waals surface area contributed by atoms with Crippen LogP contribution in [-0.2, 0) is 20.7 Å². The van der Waals surface area contributed by atoms with Crippen LogP contribution in [0.2, 0.25) is 0 Å². The molecule has 30 heavy (non-hydrogen) atoms. The summed E-state index contributed by atoms with van der Waals surface area (Å²) >= 11 is 1.36. The molecule has 0 spiro atoms. The zero-order valence-corrected chi connectivity index (χ0v) is 18.5. The van der Waals surface area contributed by atoms with E-state index in [1.54, 1.807) is 6.07 Å². The van der Waals surface area contributed by atoms with Crippen molar-refractivity contribution < 1.29 is 23.6 Å². The second-order valence-corrected chi connectivity index (χ2v) is 9.23. The molecule has 1 saturated heterocycles. The zero-order chi connectivity index (χ0) is 21.8. The normalized spacial score (nSPS) is 17.6. The molecule has 1 aromatic heterocycles. The van der Waals surface area contributed by atoms with E-state index in [0.717, 1.165) is 22.2 Å². The molecule has 158 valence electrons. The molecular formula is C22H26BNO5S. The van der Waals surface area contributed by atoms with Crippen molar-refractivity contribution in [2.75, 3.05) is 6.54 Å². The van der Waals surface area contributed by atoms with E-state index >= 15 is 0 Å². The van der Waals surface area contributed by atoms with Crippen LogP contribution in [0.25, 0.3) is 6.08 Å². The first-order valence-corrected chi connectivity index (χ1v) is 10.6. The van der Waals surface area contributed by atoms with Crippen molar-refractivity contribution in [3.63, 3.8) is 0 Å². The van der Waals surface area contributed by atoms with Crippen LogP contribution in [0.4, 0.5) is 4.79 Å². The second kappa shape index (κ2) is 9.16. The van der Waals surface area contributed by atoms with Gasteiger partial charge in [0.1, 0.15) is 6.61 Å². The van der Waals surface area contributed by atoms with Crippen LogP contribution in [0, 0.1) is 0 Å². The average molecular weight is 427 g/mol. The summed E-state index contributed by atoms with van der Waals surface area (Å²) in [6.45, 7) is 8.28. The summed E-state index contributed by atoms with van der Waals surface area (Å²) in [5.41, 5.74) is 0.640. The highest BCUT2D eigenvalue weighted by Crippen LogP contribution is 2.39. The monoisotopic (exact) mass is 427 g/mol. The Hall–Kier alpha value is -2.42. The van der Waals surface area contributed by atoms with E-state index in [9.17, 15) is 9.59 Å². The van der Waals surface area contributed by atoms with Gasteiger partial charge in [0.25, 0.3) is 0 Å². The van der Waals surface area contributed by atoms with E-state index in [1.807, 2.05) is 70.2 Å². The van der Waals surface area contributed by atoms with Crippen LogP contribution in [-0.4, -0.2) is 37.2 Å². The van der Waals surface area contributed by atoms with E-state index in [-0.39, 0.29) is 13.2 Å². The number of carbonyl (C=O) groups is 2. The van der Waals surface area contributed by atoms with E-state index < -0.39 is 24.4 Å². The van der Waals surface area contributed by atoms with E-state index in [4.69, 9.17) is 14.0 Å². The quantitative estimate of drug-likeness (QED) is 0.520. The highest BCUT2D eigenvalue weighted by Gasteiger charge is 2.52. The Morgan fingerprint density at radius 1 is 1.07 bits per heavy atom. The van der Waals surface area contributed by atoms with Gasteiger partial charge in [-0.15, -0.1) is 11.3 Å². The summed E-state index contributed by atoms with van der Waals surface area (Å²) in [6, 6.07) is 13.1. The number of amides is 1. The molecule has 0 radical (unpaired) electrons. The Kier molecular flexibility index (Phi) is 6.80. The predicted octanol–water partition coefficient (Wildman–Crippen LogP) is 4.50. The van der Waals surface area contributed by atoms with Gasteiger partial charge in [0, 0.05) is 11.4 Å². The van der Waals surface area contributed by atoms with Crippen LogP contribution >= 0.6 is 11.3 Å². The van der Waals surface area contributed by atoms with Gasteiger partial charge in [-0.05, 0) is 56.9 Å². The summed E-state index contributed by atoms with van der Waals surface area (Å²) in [4.78, 5) is 24.7. The molecule has 3 rings (SSSR count). The van der Waals surface area contributed by atoms with Gasteiger partial charge in [-0.1, -0.05) is 30.3 Å². The fourth-order valence-corrected chi connectivity index (χ4v) is 3.64. The predicted molar refractivity (Wildman–Crippen MR) is 118 cm³/mol. The highest BCUT2D eigenvalue weighted by atomic mass is 32.1. The van der Waals surface area contributed by atoms with Gasteiger partial charge in [-0.3, -0.25) is 4.79 Å². The molecule has 1 aliphatic heterocycles. The summed E-state index contributed by atoms with van der Waals surface area (Å²) in [6.07, 6.45) is 2.17. The first kappa shape index (κ1) is 22.3. The van der Waals surface area contributed by atoms with Gasteiger partial charge >= 0.3 is 13.2 Å². The number of hydrogen-bond donors (Lipinski definition) is 1. The summed E-state index contributed by atoms with van der Waals surface area (Å²) in [5.74, 6) is 0. The summed E-state index contributed by atoms with van der Waals surface area (Å²) in [5, 5.41) is 2.77. The lowest BCUT2D eigenvalue weighted by Gasteiger charge is -2.32. The first-order valence-electron chi connectivity index (χ1n) is 9.76. The molecule has 0 aliphatic carbocycles. The Balaban J connectivity index is 1.70. The van der Waals surface area contributed by atoms with E-state index in [2.05, 4.69) is 5.32 Å². The Morgan fingerprint density at radius 3 is 2.30 bits per heavy atom. The van der Waals surface area contributed by atoms with Gasteiger partial charge in [0.15, 0.2) is 6.29 Å². The van der Waals surface area contributed by atoms with Crippen molar-refractivity contribution in [3.05, 3.63) is 63.3 Å². The fourth-order valence-electron chi connectivity index (χ4n) is 2.84. The minimum absolute atomic E-state index is 0.190. The molecule has 0 bridgehead atoms. The molecule has 8 heteroatoms. The molecule has 1 aromatic carbocycles. The SMILES string of the molecule is CC1(C)OB(C(=Cc2ccc(C=O)s2)CNC(=O)OCc2ccccc2)OC1(C)C. The standard InChI is InChI=1S/C22H26BNO5S/c1-21(2)22(3,4)29-23(28-21)17(12-18-10-11-19(14-25)30-18)13-24-20(26)27-15-16-8-6-5-7-9-16/h5-12,14H,13,15H2,1-4H3,(H,24,26).